The Balaban J connectivity index is 2.99. The third-order valence-corrected chi connectivity index (χ3v) is 0.673. The first kappa shape index (κ1) is 5.63. The molecule has 0 amide bonds. The van der Waals surface area contributed by atoms with Crippen LogP contribution in [0.1, 0.15) is 13.3 Å². The maximum absolute atomic E-state index is 6.86. The lowest BCUT2D eigenvalue weighted by Gasteiger charge is -1.87. The van der Waals surface area contributed by atoms with Crippen LogP contribution < -0.4 is 5.73 Å². The van der Waals surface area contributed by atoms with E-state index in [4.69, 9.17) is 11.1 Å². The van der Waals surface area contributed by atoms with Crippen LogP contribution in [0.4, 0.5) is 0 Å². The minimum Gasteiger partial charge on any atom is -0.326 e. The molecule has 0 saturated carbocycles. The molecule has 0 spiro atoms. The van der Waals surface area contributed by atoms with Crippen LogP contribution in [0.2, 0.25) is 0 Å². The Kier molecular flexibility index (Phi) is 2.67. The van der Waals surface area contributed by atoms with Crippen LogP contribution in [0, 0.1) is 5.41 Å². The molecular formula is C4H10N2. The fraction of sp³-hybridized carbons (Fsp3) is 0.750. The average Bonchev–Trinajstić information content (AvgIpc) is 1.65. The average molecular weight is 86.1 g/mol. The monoisotopic (exact) mass is 86.1 g/mol. The van der Waals surface area contributed by atoms with Gasteiger partial charge in [-0.05, 0) is 6.42 Å². The minimum atomic E-state index is 0.413. The molecule has 0 saturated heterocycles. The van der Waals surface area contributed by atoms with Crippen molar-refractivity contribution in [1.29, 1.82) is 5.41 Å². The van der Waals surface area contributed by atoms with Gasteiger partial charge in [-0.25, -0.2) is 0 Å². The minimum absolute atomic E-state index is 0.413. The Labute approximate surface area is 37.9 Å². The molecule has 0 unspecified atom stereocenters. The van der Waals surface area contributed by atoms with Crippen LogP contribution in [-0.2, 0) is 0 Å². The number of rotatable bonds is 2. The van der Waals surface area contributed by atoms with Gasteiger partial charge in [-0.1, -0.05) is 6.92 Å². The van der Waals surface area contributed by atoms with E-state index in [9.17, 15) is 0 Å². The molecule has 0 fully saturated rings. The van der Waals surface area contributed by atoms with Crippen molar-refractivity contribution >= 4 is 5.71 Å². The molecule has 0 heterocycles. The number of nitrogens with two attached hydrogens (primary N) is 1. The highest BCUT2D eigenvalue weighted by Gasteiger charge is 1.81. The second kappa shape index (κ2) is 2.85. The highest BCUT2D eigenvalue weighted by atomic mass is 14.6. The Bertz CT molecular complexity index is 43.5. The van der Waals surface area contributed by atoms with E-state index in [1.54, 1.807) is 0 Å². The van der Waals surface area contributed by atoms with Gasteiger partial charge in [0.1, 0.15) is 0 Å². The lowest BCUT2D eigenvalue weighted by atomic mass is 10.3. The third kappa shape index (κ3) is 1.91. The largest absolute Gasteiger partial charge is 0.326 e. The molecule has 36 valence electrons. The summed E-state index contributed by atoms with van der Waals surface area (Å²) in [7, 11) is 0. The fourth-order valence-corrected chi connectivity index (χ4v) is 0.144. The van der Waals surface area contributed by atoms with Gasteiger partial charge in [0.25, 0.3) is 0 Å². The molecule has 0 aliphatic heterocycles. The maximum atomic E-state index is 6.86. The molecule has 0 aromatic carbocycles. The lowest BCUT2D eigenvalue weighted by molar-refractivity contribution is 1.15. The number of hydrogen-bond donors (Lipinski definition) is 2. The Morgan fingerprint density at radius 2 is 2.33 bits per heavy atom. The molecule has 0 aromatic heterocycles. The summed E-state index contributed by atoms with van der Waals surface area (Å²) in [5.74, 6) is 0. The highest BCUT2D eigenvalue weighted by molar-refractivity contribution is 5.82. The second-order valence-corrected chi connectivity index (χ2v) is 1.16. The highest BCUT2D eigenvalue weighted by Crippen LogP contribution is 1.73. The molecule has 2 nitrogen and oxygen atoms in total. The summed E-state index contributed by atoms with van der Waals surface area (Å²) >= 11 is 0. The Morgan fingerprint density at radius 3 is 2.33 bits per heavy atom. The first-order chi connectivity index (χ1) is 2.81. The van der Waals surface area contributed by atoms with Crippen molar-refractivity contribution in [3.05, 3.63) is 0 Å². The molecule has 0 rings (SSSR count). The van der Waals surface area contributed by atoms with Gasteiger partial charge in [0, 0.05) is 12.3 Å². The van der Waals surface area contributed by atoms with Gasteiger partial charge >= 0.3 is 0 Å². The first-order valence-corrected chi connectivity index (χ1v) is 2.07. The van der Waals surface area contributed by atoms with E-state index in [2.05, 4.69) is 0 Å². The normalized spacial score (nSPS) is 8.33. The summed E-state index contributed by atoms with van der Waals surface area (Å²) in [6.07, 6.45) is 0.788. The van der Waals surface area contributed by atoms with E-state index in [1.807, 2.05) is 6.92 Å². The zero-order valence-electron chi connectivity index (χ0n) is 3.99. The summed E-state index contributed by atoms with van der Waals surface area (Å²) in [6, 6.07) is 0. The lowest BCUT2D eigenvalue weighted by Crippen LogP contribution is -2.10. The number of hydrogen-bond acceptors (Lipinski definition) is 2. The standard InChI is InChI=1S/C4H10N2/c1-2-4(6)3-5/h6H,2-3,5H2,1H3. The zero-order chi connectivity index (χ0) is 4.99. The summed E-state index contributed by atoms with van der Waals surface area (Å²) in [5, 5.41) is 6.86. The van der Waals surface area contributed by atoms with Crippen LogP contribution in [-0.4, -0.2) is 12.3 Å². The second-order valence-electron chi connectivity index (χ2n) is 1.16. The van der Waals surface area contributed by atoms with Gasteiger partial charge in [0.15, 0.2) is 0 Å². The molecule has 0 radical (unpaired) electrons. The molecule has 0 bridgehead atoms. The van der Waals surface area contributed by atoms with Gasteiger partial charge < -0.3 is 11.1 Å². The summed E-state index contributed by atoms with van der Waals surface area (Å²) < 4.78 is 0. The van der Waals surface area contributed by atoms with E-state index in [-0.39, 0.29) is 0 Å². The SMILES string of the molecule is CCC(=N)CN. The zero-order valence-corrected chi connectivity index (χ0v) is 3.99. The van der Waals surface area contributed by atoms with E-state index in [0.717, 1.165) is 6.42 Å². The van der Waals surface area contributed by atoms with Crippen molar-refractivity contribution < 1.29 is 0 Å². The van der Waals surface area contributed by atoms with Gasteiger partial charge in [0.2, 0.25) is 0 Å². The van der Waals surface area contributed by atoms with Crippen LogP contribution in [0.15, 0.2) is 0 Å². The smallest absolute Gasteiger partial charge is 0.0307 e. The first-order valence-electron chi connectivity index (χ1n) is 2.07. The molecule has 0 aliphatic carbocycles. The van der Waals surface area contributed by atoms with Crippen molar-refractivity contribution in [3.8, 4) is 0 Å². The molecule has 3 N–H and O–H groups in total. The van der Waals surface area contributed by atoms with Gasteiger partial charge in [-0.15, -0.1) is 0 Å². The fourth-order valence-electron chi connectivity index (χ4n) is 0.144. The summed E-state index contributed by atoms with van der Waals surface area (Å²) in [6.45, 7) is 2.34. The molecule has 0 atom stereocenters. The van der Waals surface area contributed by atoms with E-state index < -0.39 is 0 Å². The topological polar surface area (TPSA) is 49.9 Å². The van der Waals surface area contributed by atoms with E-state index in [0.29, 0.717) is 12.3 Å². The third-order valence-electron chi connectivity index (χ3n) is 0.673. The van der Waals surface area contributed by atoms with Crippen LogP contribution in [0.25, 0.3) is 0 Å². The summed E-state index contributed by atoms with van der Waals surface area (Å²) in [4.78, 5) is 0. The maximum Gasteiger partial charge on any atom is 0.0307 e. The van der Waals surface area contributed by atoms with Gasteiger partial charge in [0.05, 0.1) is 0 Å². The molecule has 2 heteroatoms. The Hall–Kier alpha value is -0.370. The molecule has 0 aromatic rings. The predicted octanol–water partition coefficient (Wildman–Crippen LogP) is 0.375. The van der Waals surface area contributed by atoms with Crippen LogP contribution in [0.5, 0.6) is 0 Å². The molecular weight excluding hydrogens is 76.1 g/mol. The van der Waals surface area contributed by atoms with Crippen LogP contribution in [0.3, 0.4) is 0 Å². The predicted molar refractivity (Wildman–Crippen MR) is 27.1 cm³/mol. The Morgan fingerprint density at radius 1 is 1.83 bits per heavy atom. The summed E-state index contributed by atoms with van der Waals surface area (Å²) in [5.41, 5.74) is 5.68. The van der Waals surface area contributed by atoms with E-state index >= 15 is 0 Å². The van der Waals surface area contributed by atoms with Crippen molar-refractivity contribution in [2.24, 2.45) is 5.73 Å². The van der Waals surface area contributed by atoms with Crippen molar-refractivity contribution in [3.63, 3.8) is 0 Å². The molecule has 6 heavy (non-hydrogen) atoms. The van der Waals surface area contributed by atoms with Crippen molar-refractivity contribution in [1.82, 2.24) is 0 Å². The molecule has 0 aliphatic rings. The van der Waals surface area contributed by atoms with Crippen molar-refractivity contribution in [2.45, 2.75) is 13.3 Å². The van der Waals surface area contributed by atoms with Gasteiger partial charge in [-0.2, -0.15) is 0 Å². The quantitative estimate of drug-likeness (QED) is 0.469. The van der Waals surface area contributed by atoms with E-state index in [1.165, 1.54) is 0 Å². The van der Waals surface area contributed by atoms with Crippen molar-refractivity contribution in [2.75, 3.05) is 6.54 Å². The van der Waals surface area contributed by atoms with Gasteiger partial charge in [-0.3, -0.25) is 0 Å². The number of nitrogens with one attached hydrogen (secondary N) is 1. The van der Waals surface area contributed by atoms with Crippen LogP contribution >= 0.6 is 0 Å².